The Labute approximate surface area is 226 Å². The molecule has 2 aromatic carbocycles. The van der Waals surface area contributed by atoms with E-state index in [9.17, 15) is 9.59 Å². The highest BCUT2D eigenvalue weighted by atomic mass is 35.5. The number of aromatic nitrogens is 1. The number of benzene rings is 2. The molecule has 1 atom stereocenters. The maximum atomic E-state index is 12.8. The maximum absolute atomic E-state index is 12.8. The molecule has 3 rings (SSSR count). The van der Waals surface area contributed by atoms with Gasteiger partial charge in [0.2, 0.25) is 0 Å². The molecule has 7 nitrogen and oxygen atoms in total. The molecule has 1 aromatic heterocycles. The fourth-order valence-corrected chi connectivity index (χ4v) is 4.11. The monoisotopic (exact) mass is 551 g/mol. The van der Waals surface area contributed by atoms with Crippen LogP contribution in [-0.2, 0) is 22.4 Å². The molecule has 0 saturated heterocycles. The summed E-state index contributed by atoms with van der Waals surface area (Å²) in [5.74, 6) is 0.423. The second-order valence-electron chi connectivity index (χ2n) is 7.81. The lowest BCUT2D eigenvalue weighted by atomic mass is 10.0. The number of carbonyl (C=O) groups is 2. The Morgan fingerprint density at radius 2 is 1.75 bits per heavy atom. The lowest BCUT2D eigenvalue weighted by Crippen LogP contribution is -2.43. The van der Waals surface area contributed by atoms with Crippen LogP contribution in [-0.4, -0.2) is 43.7 Å². The number of aryl methyl sites for hydroxylation is 1. The molecule has 192 valence electrons. The van der Waals surface area contributed by atoms with E-state index in [1.165, 1.54) is 7.11 Å². The number of amides is 1. The molecule has 0 saturated carbocycles. The number of anilines is 1. The fraction of sp³-hybridized carbons (Fsp3) is 0.269. The first-order valence-electron chi connectivity index (χ1n) is 11.0. The molecule has 0 radical (unpaired) electrons. The van der Waals surface area contributed by atoms with E-state index in [0.717, 1.165) is 28.4 Å². The van der Waals surface area contributed by atoms with E-state index in [1.54, 1.807) is 18.2 Å². The van der Waals surface area contributed by atoms with Gasteiger partial charge in [-0.15, -0.1) is 12.4 Å². The molecule has 0 bridgehead atoms. The van der Waals surface area contributed by atoms with Crippen LogP contribution in [0.3, 0.4) is 0 Å². The van der Waals surface area contributed by atoms with E-state index < -0.39 is 17.9 Å². The largest absolute Gasteiger partial charge is 0.493 e. The summed E-state index contributed by atoms with van der Waals surface area (Å²) in [4.78, 5) is 29.7. The van der Waals surface area contributed by atoms with Crippen LogP contribution in [0.2, 0.25) is 10.0 Å². The fourth-order valence-electron chi connectivity index (χ4n) is 3.54. The molecule has 0 fully saturated rings. The van der Waals surface area contributed by atoms with Crippen LogP contribution in [0, 0.1) is 6.92 Å². The molecular formula is C26H28Cl3N3O4. The number of nitrogens with one attached hydrogen (secondary N) is 2. The van der Waals surface area contributed by atoms with Crippen molar-refractivity contribution in [2.75, 3.05) is 26.1 Å². The third kappa shape index (κ3) is 7.75. The second kappa shape index (κ2) is 13.9. The third-order valence-corrected chi connectivity index (χ3v) is 5.97. The Morgan fingerprint density at radius 3 is 2.39 bits per heavy atom. The molecule has 0 aliphatic rings. The molecule has 10 heteroatoms. The topological polar surface area (TPSA) is 89.6 Å². The summed E-state index contributed by atoms with van der Waals surface area (Å²) in [5.41, 5.74) is 2.78. The summed E-state index contributed by atoms with van der Waals surface area (Å²) in [6, 6.07) is 15.3. The average Bonchev–Trinajstić information content (AvgIpc) is 2.84. The first-order valence-corrected chi connectivity index (χ1v) is 11.8. The first kappa shape index (κ1) is 29.2. The van der Waals surface area contributed by atoms with Crippen LogP contribution in [0.15, 0.2) is 54.6 Å². The van der Waals surface area contributed by atoms with Gasteiger partial charge in [-0.2, -0.15) is 0 Å². The number of halogens is 3. The van der Waals surface area contributed by atoms with Gasteiger partial charge in [0.25, 0.3) is 5.91 Å². The van der Waals surface area contributed by atoms with Crippen LogP contribution in [0.4, 0.5) is 5.82 Å². The van der Waals surface area contributed by atoms with Crippen molar-refractivity contribution in [3.63, 3.8) is 0 Å². The quantitative estimate of drug-likeness (QED) is 0.332. The molecule has 0 unspecified atom stereocenters. The van der Waals surface area contributed by atoms with Crippen molar-refractivity contribution in [3.05, 3.63) is 87.0 Å². The number of hydrogen-bond acceptors (Lipinski definition) is 6. The van der Waals surface area contributed by atoms with Gasteiger partial charge in [0.05, 0.1) is 29.3 Å². The molecular weight excluding hydrogens is 525 g/mol. The van der Waals surface area contributed by atoms with Crippen molar-refractivity contribution < 1.29 is 19.1 Å². The van der Waals surface area contributed by atoms with Gasteiger partial charge < -0.3 is 20.1 Å². The summed E-state index contributed by atoms with van der Waals surface area (Å²) in [7, 11) is 3.10. The Hall–Kier alpha value is -3.00. The lowest BCUT2D eigenvalue weighted by Gasteiger charge is -2.18. The zero-order valence-electron chi connectivity index (χ0n) is 20.1. The smallest absolute Gasteiger partial charge is 0.328 e. The minimum Gasteiger partial charge on any atom is -0.493 e. The Balaban J connectivity index is 0.00000456. The number of ether oxygens (including phenoxy) is 2. The molecule has 1 heterocycles. The van der Waals surface area contributed by atoms with Gasteiger partial charge in [-0.3, -0.25) is 4.79 Å². The molecule has 1 amide bonds. The number of esters is 1. The zero-order chi connectivity index (χ0) is 25.4. The zero-order valence-corrected chi connectivity index (χ0v) is 22.5. The minimum absolute atomic E-state index is 0. The predicted molar refractivity (Wildman–Crippen MR) is 145 cm³/mol. The standard InChI is InChI=1S/C26H27Cl2N3O4.ClH/c1-16-14-17(10-11-22(16)35-13-12-18-6-4-9-23(29-2)30-18)15-21(26(33)34-3)31-25(32)24-19(27)7-5-8-20(24)28;/h4-11,14,21H,12-13,15H2,1-3H3,(H,29,30)(H,31,32);1H/t21-;/m0./s1. The molecule has 0 spiro atoms. The van der Waals surface area contributed by atoms with Crippen LogP contribution >= 0.6 is 35.6 Å². The van der Waals surface area contributed by atoms with Gasteiger partial charge >= 0.3 is 5.97 Å². The SMILES string of the molecule is CNc1cccc(CCOc2ccc(C[C@H](NC(=O)c3c(Cl)cccc3Cl)C(=O)OC)cc2C)n1.Cl. The van der Waals surface area contributed by atoms with Crippen LogP contribution in [0.1, 0.15) is 27.2 Å². The maximum Gasteiger partial charge on any atom is 0.328 e. The van der Waals surface area contributed by atoms with E-state index in [1.807, 2.05) is 50.4 Å². The number of nitrogens with zero attached hydrogens (tertiary/aromatic N) is 1. The molecule has 3 aromatic rings. The van der Waals surface area contributed by atoms with Crippen LogP contribution in [0.5, 0.6) is 5.75 Å². The van der Waals surface area contributed by atoms with Gasteiger partial charge in [0.1, 0.15) is 17.6 Å². The van der Waals surface area contributed by atoms with E-state index in [4.69, 9.17) is 32.7 Å². The van der Waals surface area contributed by atoms with Crippen LogP contribution < -0.4 is 15.4 Å². The highest BCUT2D eigenvalue weighted by Gasteiger charge is 2.25. The van der Waals surface area contributed by atoms with Crippen molar-refractivity contribution in [1.29, 1.82) is 0 Å². The third-order valence-electron chi connectivity index (χ3n) is 5.34. The average molecular weight is 553 g/mol. The highest BCUT2D eigenvalue weighted by Crippen LogP contribution is 2.25. The van der Waals surface area contributed by atoms with Crippen molar-refractivity contribution >= 4 is 53.3 Å². The minimum atomic E-state index is -0.920. The van der Waals surface area contributed by atoms with Gasteiger partial charge in [-0.25, -0.2) is 9.78 Å². The van der Waals surface area contributed by atoms with Gasteiger partial charge in [0, 0.05) is 25.6 Å². The van der Waals surface area contributed by atoms with Gasteiger partial charge in [-0.1, -0.05) is 47.5 Å². The summed E-state index contributed by atoms with van der Waals surface area (Å²) in [6.45, 7) is 2.40. The van der Waals surface area contributed by atoms with Gasteiger partial charge in [-0.05, 0) is 48.4 Å². The number of methoxy groups -OCH3 is 1. The Bertz CT molecular complexity index is 1190. The van der Waals surface area contributed by atoms with Crippen molar-refractivity contribution in [1.82, 2.24) is 10.3 Å². The Kier molecular flexibility index (Phi) is 11.3. The normalized spacial score (nSPS) is 11.1. The summed E-state index contributed by atoms with van der Waals surface area (Å²) in [5, 5.41) is 6.10. The number of carbonyl (C=O) groups excluding carboxylic acids is 2. The summed E-state index contributed by atoms with van der Waals surface area (Å²) in [6.07, 6.45) is 0.889. The predicted octanol–water partition coefficient (Wildman–Crippen LogP) is 5.30. The van der Waals surface area contributed by atoms with Crippen molar-refractivity contribution in [3.8, 4) is 5.75 Å². The molecule has 0 aliphatic carbocycles. The molecule has 0 aliphatic heterocycles. The highest BCUT2D eigenvalue weighted by molar-refractivity contribution is 6.39. The van der Waals surface area contributed by atoms with E-state index in [-0.39, 0.29) is 34.4 Å². The molecule has 2 N–H and O–H groups in total. The second-order valence-corrected chi connectivity index (χ2v) is 8.63. The van der Waals surface area contributed by atoms with E-state index in [0.29, 0.717) is 13.0 Å². The van der Waals surface area contributed by atoms with Crippen LogP contribution in [0.25, 0.3) is 0 Å². The first-order chi connectivity index (χ1) is 16.8. The number of rotatable bonds is 10. The number of pyridine rings is 1. The van der Waals surface area contributed by atoms with E-state index in [2.05, 4.69) is 15.6 Å². The van der Waals surface area contributed by atoms with Gasteiger partial charge in [0.15, 0.2) is 0 Å². The number of hydrogen-bond donors (Lipinski definition) is 2. The van der Waals surface area contributed by atoms with E-state index >= 15 is 0 Å². The summed E-state index contributed by atoms with van der Waals surface area (Å²) >= 11 is 12.3. The van der Waals surface area contributed by atoms with Crippen molar-refractivity contribution in [2.45, 2.75) is 25.8 Å². The Morgan fingerprint density at radius 1 is 1.06 bits per heavy atom. The molecule has 36 heavy (non-hydrogen) atoms. The van der Waals surface area contributed by atoms with Crippen molar-refractivity contribution in [2.24, 2.45) is 0 Å². The lowest BCUT2D eigenvalue weighted by molar-refractivity contribution is -0.142. The summed E-state index contributed by atoms with van der Waals surface area (Å²) < 4.78 is 10.8.